The summed E-state index contributed by atoms with van der Waals surface area (Å²) in [6, 6.07) is -0.345. The van der Waals surface area contributed by atoms with Crippen molar-refractivity contribution in [1.82, 2.24) is 14.7 Å². The predicted octanol–water partition coefficient (Wildman–Crippen LogP) is 0.671. The molecule has 1 spiro atoms. The van der Waals surface area contributed by atoms with Gasteiger partial charge in [-0.15, -0.1) is 0 Å². The van der Waals surface area contributed by atoms with Gasteiger partial charge in [-0.05, 0) is 12.8 Å². The number of rotatable bonds is 2. The van der Waals surface area contributed by atoms with Gasteiger partial charge in [0.2, 0.25) is 5.91 Å². The lowest BCUT2D eigenvalue weighted by Crippen LogP contribution is -2.49. The Labute approximate surface area is 113 Å². The van der Waals surface area contributed by atoms with E-state index >= 15 is 0 Å². The van der Waals surface area contributed by atoms with Crippen molar-refractivity contribution in [2.24, 2.45) is 0 Å². The van der Waals surface area contributed by atoms with Crippen molar-refractivity contribution < 1.29 is 14.4 Å². The summed E-state index contributed by atoms with van der Waals surface area (Å²) in [5.41, 5.74) is -0.693. The summed E-state index contributed by atoms with van der Waals surface area (Å²) in [5, 5.41) is 0. The number of likely N-dealkylation sites (N-methyl/N-ethyl adjacent to an activating group) is 2. The largest absolute Gasteiger partial charge is 0.347 e. The third-order valence-electron chi connectivity index (χ3n) is 4.28. The van der Waals surface area contributed by atoms with E-state index in [0.717, 1.165) is 24.2 Å². The molecule has 1 aliphatic heterocycles. The second kappa shape index (κ2) is 4.83. The maximum atomic E-state index is 12.6. The van der Waals surface area contributed by atoms with Crippen LogP contribution in [0.3, 0.4) is 0 Å². The van der Waals surface area contributed by atoms with Gasteiger partial charge in [-0.1, -0.05) is 19.3 Å². The number of urea groups is 1. The van der Waals surface area contributed by atoms with Gasteiger partial charge in [0.1, 0.15) is 12.1 Å². The molecule has 4 amide bonds. The molecule has 0 aromatic rings. The molecular formula is C13H21N3O3. The fraction of sp³-hybridized carbons (Fsp3) is 0.769. The third-order valence-corrected chi connectivity index (χ3v) is 4.28. The lowest BCUT2D eigenvalue weighted by atomic mass is 9.81. The van der Waals surface area contributed by atoms with Crippen LogP contribution >= 0.6 is 0 Å². The Balaban J connectivity index is 2.21. The molecule has 1 heterocycles. The summed E-state index contributed by atoms with van der Waals surface area (Å²) in [6.45, 7) is -0.156. The van der Waals surface area contributed by atoms with E-state index in [9.17, 15) is 14.4 Å². The second-order valence-corrected chi connectivity index (χ2v) is 5.61. The summed E-state index contributed by atoms with van der Waals surface area (Å²) in [5.74, 6) is -0.433. The number of hydrogen-bond acceptors (Lipinski definition) is 3. The highest BCUT2D eigenvalue weighted by atomic mass is 16.2. The van der Waals surface area contributed by atoms with Crippen LogP contribution in [0.2, 0.25) is 0 Å². The Morgan fingerprint density at radius 3 is 2.32 bits per heavy atom. The Kier molecular flexibility index (Phi) is 3.52. The van der Waals surface area contributed by atoms with Crippen LogP contribution in [0.25, 0.3) is 0 Å². The summed E-state index contributed by atoms with van der Waals surface area (Å²) >= 11 is 0. The summed E-state index contributed by atoms with van der Waals surface area (Å²) in [4.78, 5) is 40.5. The van der Waals surface area contributed by atoms with E-state index in [0.29, 0.717) is 12.8 Å². The highest BCUT2D eigenvalue weighted by Crippen LogP contribution is 2.39. The van der Waals surface area contributed by atoms with E-state index in [1.54, 1.807) is 21.1 Å². The fourth-order valence-corrected chi connectivity index (χ4v) is 2.95. The number of nitrogens with zero attached hydrogens (tertiary/aromatic N) is 3. The number of amides is 4. The molecule has 0 aromatic heterocycles. The lowest BCUT2D eigenvalue weighted by Gasteiger charge is -2.35. The molecule has 0 N–H and O–H groups in total. The first-order chi connectivity index (χ1) is 8.90. The predicted molar refractivity (Wildman–Crippen MR) is 69.4 cm³/mol. The lowest BCUT2D eigenvalue weighted by molar-refractivity contribution is -0.139. The van der Waals surface area contributed by atoms with Crippen LogP contribution in [0, 0.1) is 0 Å². The second-order valence-electron chi connectivity index (χ2n) is 5.61. The van der Waals surface area contributed by atoms with Crippen LogP contribution in [-0.2, 0) is 9.59 Å². The van der Waals surface area contributed by atoms with Gasteiger partial charge in [0.15, 0.2) is 0 Å². The first-order valence-corrected chi connectivity index (χ1v) is 6.70. The zero-order chi connectivity index (χ0) is 14.2. The smallest absolute Gasteiger partial charge is 0.327 e. The van der Waals surface area contributed by atoms with Crippen LogP contribution in [0.1, 0.15) is 32.1 Å². The Bertz CT molecular complexity index is 413. The van der Waals surface area contributed by atoms with E-state index in [1.165, 1.54) is 9.80 Å². The van der Waals surface area contributed by atoms with Crippen LogP contribution in [0.4, 0.5) is 4.79 Å². The van der Waals surface area contributed by atoms with Crippen molar-refractivity contribution in [3.63, 3.8) is 0 Å². The highest BCUT2D eigenvalue weighted by molar-refractivity contribution is 6.08. The van der Waals surface area contributed by atoms with Gasteiger partial charge in [0, 0.05) is 21.1 Å². The van der Waals surface area contributed by atoms with Gasteiger partial charge in [-0.2, -0.15) is 0 Å². The van der Waals surface area contributed by atoms with Gasteiger partial charge >= 0.3 is 6.03 Å². The van der Waals surface area contributed by atoms with Crippen molar-refractivity contribution >= 4 is 17.8 Å². The molecule has 6 heteroatoms. The average molecular weight is 267 g/mol. The van der Waals surface area contributed by atoms with Crippen molar-refractivity contribution in [3.05, 3.63) is 0 Å². The summed E-state index contributed by atoms with van der Waals surface area (Å²) < 4.78 is 0. The maximum Gasteiger partial charge on any atom is 0.327 e. The number of carbonyl (C=O) groups excluding carboxylic acids is 3. The van der Waals surface area contributed by atoms with Gasteiger partial charge in [0.05, 0.1) is 0 Å². The zero-order valence-corrected chi connectivity index (χ0v) is 11.8. The molecule has 2 rings (SSSR count). The van der Waals surface area contributed by atoms with E-state index < -0.39 is 5.54 Å². The molecule has 2 aliphatic rings. The topological polar surface area (TPSA) is 60.9 Å². The zero-order valence-electron chi connectivity index (χ0n) is 11.8. The normalized spacial score (nSPS) is 22.3. The number of imide groups is 1. The van der Waals surface area contributed by atoms with E-state index in [-0.39, 0.29) is 24.4 Å². The van der Waals surface area contributed by atoms with Gasteiger partial charge < -0.3 is 9.80 Å². The van der Waals surface area contributed by atoms with Crippen LogP contribution in [0.5, 0.6) is 0 Å². The SMILES string of the molecule is CN(C)C(=O)CN1C(=O)N(C)C2(CCCCC2)C1=O. The average Bonchev–Trinajstić information content (AvgIpc) is 2.56. The number of hydrogen-bond donors (Lipinski definition) is 0. The molecule has 1 saturated carbocycles. The fourth-order valence-electron chi connectivity index (χ4n) is 2.95. The minimum atomic E-state index is -0.693. The van der Waals surface area contributed by atoms with Crippen LogP contribution in [0.15, 0.2) is 0 Å². The first kappa shape index (κ1) is 13.8. The molecule has 6 nitrogen and oxygen atoms in total. The molecular weight excluding hydrogens is 246 g/mol. The van der Waals surface area contributed by atoms with Crippen molar-refractivity contribution in [2.75, 3.05) is 27.7 Å². The minimum absolute atomic E-state index is 0.156. The highest BCUT2D eigenvalue weighted by Gasteiger charge is 2.55. The molecule has 0 unspecified atom stereocenters. The molecule has 2 fully saturated rings. The quantitative estimate of drug-likeness (QED) is 0.691. The molecule has 0 aromatic carbocycles. The molecule has 19 heavy (non-hydrogen) atoms. The van der Waals surface area contributed by atoms with Gasteiger partial charge in [-0.25, -0.2) is 4.79 Å². The van der Waals surface area contributed by atoms with Gasteiger partial charge in [0.25, 0.3) is 5.91 Å². The summed E-state index contributed by atoms with van der Waals surface area (Å²) in [7, 11) is 4.91. The maximum absolute atomic E-state index is 12.6. The van der Waals surface area contributed by atoms with Crippen molar-refractivity contribution in [2.45, 2.75) is 37.6 Å². The van der Waals surface area contributed by atoms with Crippen molar-refractivity contribution in [1.29, 1.82) is 0 Å². The molecule has 1 saturated heterocycles. The number of carbonyl (C=O) groups is 3. The van der Waals surface area contributed by atoms with E-state index in [4.69, 9.17) is 0 Å². The molecule has 0 bridgehead atoms. The Morgan fingerprint density at radius 1 is 1.21 bits per heavy atom. The first-order valence-electron chi connectivity index (χ1n) is 6.70. The Morgan fingerprint density at radius 2 is 1.79 bits per heavy atom. The summed E-state index contributed by atoms with van der Waals surface area (Å²) in [6.07, 6.45) is 4.44. The monoisotopic (exact) mass is 267 g/mol. The third kappa shape index (κ3) is 2.09. The Hall–Kier alpha value is -1.59. The molecule has 106 valence electrons. The van der Waals surface area contributed by atoms with Crippen molar-refractivity contribution in [3.8, 4) is 0 Å². The van der Waals surface area contributed by atoms with E-state index in [2.05, 4.69) is 0 Å². The van der Waals surface area contributed by atoms with Crippen LogP contribution in [-0.4, -0.2) is 65.8 Å². The van der Waals surface area contributed by atoms with Gasteiger partial charge in [-0.3, -0.25) is 14.5 Å². The van der Waals surface area contributed by atoms with E-state index in [1.807, 2.05) is 0 Å². The standard InChI is InChI=1S/C13H21N3O3/c1-14(2)10(17)9-16-11(18)13(15(3)12(16)19)7-5-4-6-8-13/h4-9H2,1-3H3. The molecule has 0 atom stereocenters. The molecule has 0 radical (unpaired) electrons. The van der Waals surface area contributed by atoms with Crippen LogP contribution < -0.4 is 0 Å². The minimum Gasteiger partial charge on any atom is -0.347 e. The molecule has 1 aliphatic carbocycles.